The van der Waals surface area contributed by atoms with Crippen molar-refractivity contribution in [2.45, 2.75) is 18.1 Å². The second-order valence-electron chi connectivity index (χ2n) is 3.83. The molecule has 1 saturated carbocycles. The fourth-order valence-corrected chi connectivity index (χ4v) is 3.44. The SMILES string of the molecule is O=c1[nH]c2cnccc2n1S(=O)(=O)C1CC1. The topological polar surface area (TPSA) is 84.8 Å². The van der Waals surface area contributed by atoms with Crippen LogP contribution in [0.3, 0.4) is 0 Å². The summed E-state index contributed by atoms with van der Waals surface area (Å²) in [7, 11) is -3.53. The van der Waals surface area contributed by atoms with Crippen molar-refractivity contribution in [1.82, 2.24) is 13.9 Å². The summed E-state index contributed by atoms with van der Waals surface area (Å²) in [6.07, 6.45) is 4.17. The highest BCUT2D eigenvalue weighted by Gasteiger charge is 2.38. The van der Waals surface area contributed by atoms with Crippen LogP contribution in [0.2, 0.25) is 0 Å². The first-order valence-corrected chi connectivity index (χ1v) is 6.40. The predicted octanol–water partition coefficient (Wildman–Crippen LogP) is 0.0649. The number of fused-ring (bicyclic) bond motifs is 1. The van der Waals surface area contributed by atoms with E-state index in [0.717, 1.165) is 3.97 Å². The molecule has 84 valence electrons. The van der Waals surface area contributed by atoms with E-state index in [1.165, 1.54) is 18.5 Å². The van der Waals surface area contributed by atoms with E-state index in [4.69, 9.17) is 0 Å². The third-order valence-electron chi connectivity index (χ3n) is 2.64. The first-order chi connectivity index (χ1) is 7.60. The lowest BCUT2D eigenvalue weighted by Crippen LogP contribution is -2.27. The fourth-order valence-electron chi connectivity index (χ4n) is 1.70. The van der Waals surface area contributed by atoms with Crippen LogP contribution in [-0.4, -0.2) is 27.6 Å². The van der Waals surface area contributed by atoms with Crippen molar-refractivity contribution in [3.05, 3.63) is 28.9 Å². The van der Waals surface area contributed by atoms with Gasteiger partial charge < -0.3 is 4.98 Å². The van der Waals surface area contributed by atoms with E-state index in [1.54, 1.807) is 0 Å². The van der Waals surface area contributed by atoms with Crippen LogP contribution in [0.15, 0.2) is 23.3 Å². The van der Waals surface area contributed by atoms with Crippen LogP contribution in [0.5, 0.6) is 0 Å². The molecule has 0 atom stereocenters. The first-order valence-electron chi connectivity index (χ1n) is 4.90. The molecule has 0 bridgehead atoms. The number of rotatable bonds is 2. The van der Waals surface area contributed by atoms with Crippen LogP contribution < -0.4 is 5.69 Å². The van der Waals surface area contributed by atoms with Gasteiger partial charge in [-0.15, -0.1) is 0 Å². The van der Waals surface area contributed by atoms with E-state index in [0.29, 0.717) is 23.9 Å². The third-order valence-corrected chi connectivity index (χ3v) is 4.83. The quantitative estimate of drug-likeness (QED) is 0.803. The molecule has 1 aliphatic rings. The Labute approximate surface area is 91.0 Å². The molecule has 2 aromatic heterocycles. The molecule has 0 spiro atoms. The maximum atomic E-state index is 12.0. The number of aromatic nitrogens is 3. The van der Waals surface area contributed by atoms with Crippen molar-refractivity contribution >= 4 is 21.1 Å². The second-order valence-corrected chi connectivity index (χ2v) is 5.89. The molecular weight excluding hydrogens is 230 g/mol. The summed E-state index contributed by atoms with van der Waals surface area (Å²) in [6, 6.07) is 1.52. The number of imidazole rings is 1. The minimum absolute atomic E-state index is 0.368. The molecule has 16 heavy (non-hydrogen) atoms. The van der Waals surface area contributed by atoms with Gasteiger partial charge in [-0.25, -0.2) is 13.2 Å². The molecule has 1 fully saturated rings. The smallest absolute Gasteiger partial charge is 0.303 e. The molecule has 2 heterocycles. The molecule has 0 aliphatic heterocycles. The number of pyridine rings is 1. The molecule has 1 N–H and O–H groups in total. The maximum Gasteiger partial charge on any atom is 0.340 e. The van der Waals surface area contributed by atoms with E-state index >= 15 is 0 Å². The maximum absolute atomic E-state index is 12.0. The lowest BCUT2D eigenvalue weighted by Gasteiger charge is -2.02. The van der Waals surface area contributed by atoms with Gasteiger partial charge in [0.1, 0.15) is 0 Å². The zero-order valence-corrected chi connectivity index (χ0v) is 9.07. The van der Waals surface area contributed by atoms with Gasteiger partial charge in [-0.05, 0) is 18.9 Å². The van der Waals surface area contributed by atoms with E-state index in [2.05, 4.69) is 9.97 Å². The average molecular weight is 239 g/mol. The summed E-state index contributed by atoms with van der Waals surface area (Å²) in [5.41, 5.74) is 0.193. The zero-order valence-electron chi connectivity index (χ0n) is 8.25. The van der Waals surface area contributed by atoms with Crippen molar-refractivity contribution in [3.63, 3.8) is 0 Å². The zero-order chi connectivity index (χ0) is 11.3. The highest BCUT2D eigenvalue weighted by atomic mass is 32.2. The van der Waals surface area contributed by atoms with Crippen LogP contribution in [0.1, 0.15) is 12.8 Å². The van der Waals surface area contributed by atoms with Gasteiger partial charge in [-0.3, -0.25) is 4.98 Å². The van der Waals surface area contributed by atoms with Gasteiger partial charge in [-0.2, -0.15) is 3.97 Å². The number of hydrogen-bond acceptors (Lipinski definition) is 4. The molecule has 0 amide bonds. The lowest BCUT2D eigenvalue weighted by atomic mass is 10.4. The molecular formula is C9H9N3O3S. The number of aromatic amines is 1. The summed E-state index contributed by atoms with van der Waals surface area (Å²) in [5, 5.41) is -0.405. The fraction of sp³-hybridized carbons (Fsp3) is 0.333. The van der Waals surface area contributed by atoms with Crippen molar-refractivity contribution < 1.29 is 8.42 Å². The summed E-state index contributed by atoms with van der Waals surface area (Å²) in [6.45, 7) is 0. The van der Waals surface area contributed by atoms with Gasteiger partial charge in [0.25, 0.3) is 0 Å². The highest BCUT2D eigenvalue weighted by Crippen LogP contribution is 2.30. The molecule has 6 nitrogen and oxygen atoms in total. The molecule has 2 aromatic rings. The Hall–Kier alpha value is -1.63. The van der Waals surface area contributed by atoms with E-state index in [-0.39, 0.29) is 0 Å². The molecule has 1 aliphatic carbocycles. The van der Waals surface area contributed by atoms with Gasteiger partial charge in [-0.1, -0.05) is 0 Å². The van der Waals surface area contributed by atoms with Crippen LogP contribution in [-0.2, 0) is 10.0 Å². The van der Waals surface area contributed by atoms with Gasteiger partial charge in [0.05, 0.1) is 22.5 Å². The standard InChI is InChI=1S/C9H9N3O3S/c13-9-11-7-5-10-4-3-8(7)12(9)16(14,15)6-1-2-6/h3-6H,1-2H2,(H,11,13). The molecule has 7 heteroatoms. The van der Waals surface area contributed by atoms with Crippen LogP contribution in [0, 0.1) is 0 Å². The Balaban J connectivity index is 2.39. The summed E-state index contributed by atoms with van der Waals surface area (Å²) >= 11 is 0. The first kappa shape index (κ1) is 9.59. The lowest BCUT2D eigenvalue weighted by molar-refractivity contribution is 0.586. The van der Waals surface area contributed by atoms with Crippen molar-refractivity contribution in [1.29, 1.82) is 0 Å². The van der Waals surface area contributed by atoms with E-state index in [9.17, 15) is 13.2 Å². The van der Waals surface area contributed by atoms with Crippen LogP contribution in [0.25, 0.3) is 11.0 Å². The number of H-pyrrole nitrogens is 1. The Bertz CT molecular complexity index is 709. The Morgan fingerprint density at radius 2 is 2.19 bits per heavy atom. The molecule has 0 saturated heterocycles. The summed E-state index contributed by atoms with van der Waals surface area (Å²) in [4.78, 5) is 17.9. The highest BCUT2D eigenvalue weighted by molar-refractivity contribution is 7.91. The Morgan fingerprint density at radius 1 is 1.44 bits per heavy atom. The van der Waals surface area contributed by atoms with Crippen molar-refractivity contribution in [3.8, 4) is 0 Å². The van der Waals surface area contributed by atoms with Gasteiger partial charge in [0, 0.05) is 6.20 Å². The van der Waals surface area contributed by atoms with E-state index < -0.39 is 21.0 Å². The van der Waals surface area contributed by atoms with Gasteiger partial charge >= 0.3 is 5.69 Å². The number of hydrogen-bond donors (Lipinski definition) is 1. The molecule has 0 unspecified atom stereocenters. The van der Waals surface area contributed by atoms with Crippen LogP contribution in [0.4, 0.5) is 0 Å². The summed E-state index contributed by atoms with van der Waals surface area (Å²) < 4.78 is 24.9. The second kappa shape index (κ2) is 2.94. The minimum atomic E-state index is -3.53. The molecule has 0 aromatic carbocycles. The van der Waals surface area contributed by atoms with Crippen LogP contribution >= 0.6 is 0 Å². The third kappa shape index (κ3) is 1.21. The predicted molar refractivity (Wildman–Crippen MR) is 57.7 cm³/mol. The van der Waals surface area contributed by atoms with Gasteiger partial charge in [0.15, 0.2) is 0 Å². The number of nitrogens with one attached hydrogen (secondary N) is 1. The number of nitrogens with zero attached hydrogens (tertiary/aromatic N) is 2. The van der Waals surface area contributed by atoms with Crippen molar-refractivity contribution in [2.75, 3.05) is 0 Å². The molecule has 0 radical (unpaired) electrons. The van der Waals surface area contributed by atoms with E-state index in [1.807, 2.05) is 0 Å². The van der Waals surface area contributed by atoms with Crippen molar-refractivity contribution in [2.24, 2.45) is 0 Å². The largest absolute Gasteiger partial charge is 0.340 e. The Kier molecular flexibility index (Phi) is 1.76. The average Bonchev–Trinajstić information content (AvgIpc) is 3.00. The monoisotopic (exact) mass is 239 g/mol. The molecule has 3 rings (SSSR count). The minimum Gasteiger partial charge on any atom is -0.303 e. The Morgan fingerprint density at radius 3 is 2.88 bits per heavy atom. The normalized spacial score (nSPS) is 16.8. The van der Waals surface area contributed by atoms with Gasteiger partial charge in [0.2, 0.25) is 10.0 Å². The summed E-state index contributed by atoms with van der Waals surface area (Å²) in [5.74, 6) is 0.